The Labute approximate surface area is 68.3 Å². The molecule has 0 fully saturated rings. The zero-order valence-corrected chi connectivity index (χ0v) is 7.07. The van der Waals surface area contributed by atoms with E-state index in [1.807, 2.05) is 6.08 Å². The lowest BCUT2D eigenvalue weighted by Crippen LogP contribution is -1.75. The van der Waals surface area contributed by atoms with Gasteiger partial charge in [0.05, 0.1) is 0 Å². The maximum Gasteiger partial charge on any atom is 0.119 e. The Bertz CT molecular complexity index is 201. The second-order valence-electron chi connectivity index (χ2n) is 2.07. The number of halogens is 2. The van der Waals surface area contributed by atoms with E-state index in [0.29, 0.717) is 6.42 Å². The Morgan fingerprint density at radius 2 is 2.20 bits per heavy atom. The minimum Gasteiger partial charge on any atom is -0.207 e. The Balaban J connectivity index is 2.69. The minimum atomic E-state index is -0.146. The average Bonchev–Trinajstić information content (AvgIpc) is 2.14. The van der Waals surface area contributed by atoms with Crippen molar-refractivity contribution in [3.8, 4) is 0 Å². The summed E-state index contributed by atoms with van der Waals surface area (Å²) in [6.45, 7) is 0. The van der Waals surface area contributed by atoms with Crippen molar-refractivity contribution in [3.63, 3.8) is 0 Å². The van der Waals surface area contributed by atoms with E-state index in [2.05, 4.69) is 15.9 Å². The van der Waals surface area contributed by atoms with Crippen LogP contribution in [-0.2, 0) is 0 Å². The summed E-state index contributed by atoms with van der Waals surface area (Å²) < 4.78 is 12.5. The second kappa shape index (κ2) is 3.71. The molecule has 0 nitrogen and oxygen atoms in total. The molecule has 1 aliphatic carbocycles. The van der Waals surface area contributed by atoms with Crippen LogP contribution in [0.15, 0.2) is 35.7 Å². The summed E-state index contributed by atoms with van der Waals surface area (Å²) in [6, 6.07) is 0. The van der Waals surface area contributed by atoms with E-state index in [9.17, 15) is 4.39 Å². The van der Waals surface area contributed by atoms with Crippen LogP contribution in [0.25, 0.3) is 0 Å². The summed E-state index contributed by atoms with van der Waals surface area (Å²) in [5, 5.41) is 0.796. The van der Waals surface area contributed by atoms with Crippen LogP contribution >= 0.6 is 15.9 Å². The third-order valence-corrected chi connectivity index (χ3v) is 1.95. The molecular formula is C8H8BrF. The van der Waals surface area contributed by atoms with E-state index in [-0.39, 0.29) is 5.83 Å². The van der Waals surface area contributed by atoms with Crippen LogP contribution in [0, 0.1) is 0 Å². The van der Waals surface area contributed by atoms with Crippen molar-refractivity contribution in [1.82, 2.24) is 0 Å². The van der Waals surface area contributed by atoms with Crippen molar-refractivity contribution in [2.24, 2.45) is 0 Å². The summed E-state index contributed by atoms with van der Waals surface area (Å²) >= 11 is 3.30. The zero-order chi connectivity index (χ0) is 7.40. The molecular weight excluding hydrogens is 195 g/mol. The molecule has 0 aromatic rings. The fraction of sp³-hybridized carbons (Fsp3) is 0.250. The second-order valence-corrected chi connectivity index (χ2v) is 2.63. The molecule has 0 bridgehead atoms. The highest BCUT2D eigenvalue weighted by Crippen LogP contribution is 2.12. The van der Waals surface area contributed by atoms with Gasteiger partial charge in [0.25, 0.3) is 0 Å². The lowest BCUT2D eigenvalue weighted by molar-refractivity contribution is 0.663. The third-order valence-electron chi connectivity index (χ3n) is 1.30. The van der Waals surface area contributed by atoms with Crippen LogP contribution in [-0.4, -0.2) is 5.33 Å². The first kappa shape index (κ1) is 7.73. The molecule has 0 N–H and O–H groups in total. The van der Waals surface area contributed by atoms with Gasteiger partial charge in [0, 0.05) is 5.33 Å². The van der Waals surface area contributed by atoms with E-state index in [4.69, 9.17) is 0 Å². The Hall–Kier alpha value is -0.370. The first-order valence-corrected chi connectivity index (χ1v) is 4.24. The van der Waals surface area contributed by atoms with Crippen molar-refractivity contribution in [2.75, 3.05) is 5.33 Å². The third kappa shape index (κ3) is 2.10. The molecule has 0 amide bonds. The molecule has 1 rings (SSSR count). The maximum absolute atomic E-state index is 12.5. The van der Waals surface area contributed by atoms with Crippen LogP contribution in [0.4, 0.5) is 4.39 Å². The van der Waals surface area contributed by atoms with Gasteiger partial charge in [-0.25, -0.2) is 4.39 Å². The van der Waals surface area contributed by atoms with Gasteiger partial charge in [-0.05, 0) is 24.1 Å². The molecule has 0 saturated heterocycles. The molecule has 0 atom stereocenters. The van der Waals surface area contributed by atoms with Gasteiger partial charge in [0.15, 0.2) is 0 Å². The summed E-state index contributed by atoms with van der Waals surface area (Å²) in [5.74, 6) is -0.146. The predicted molar refractivity (Wildman–Crippen MR) is 44.8 cm³/mol. The van der Waals surface area contributed by atoms with Gasteiger partial charge < -0.3 is 0 Å². The fourth-order valence-corrected chi connectivity index (χ4v) is 1.16. The lowest BCUT2D eigenvalue weighted by Gasteiger charge is -1.89. The maximum atomic E-state index is 12.5. The first-order valence-electron chi connectivity index (χ1n) is 3.11. The van der Waals surface area contributed by atoms with Crippen molar-refractivity contribution in [1.29, 1.82) is 0 Å². The van der Waals surface area contributed by atoms with Gasteiger partial charge in [-0.15, -0.1) is 0 Å². The van der Waals surface area contributed by atoms with E-state index >= 15 is 0 Å². The number of allylic oxidation sites excluding steroid dienone is 6. The molecule has 0 aromatic carbocycles. The highest BCUT2D eigenvalue weighted by molar-refractivity contribution is 9.09. The SMILES string of the molecule is FC1=CCC=C(CBr)C=C1. The number of alkyl halides is 1. The van der Waals surface area contributed by atoms with E-state index in [1.165, 1.54) is 6.08 Å². The summed E-state index contributed by atoms with van der Waals surface area (Å²) in [6.07, 6.45) is 7.53. The Morgan fingerprint density at radius 3 is 2.90 bits per heavy atom. The van der Waals surface area contributed by atoms with Crippen molar-refractivity contribution in [2.45, 2.75) is 6.42 Å². The molecule has 1 aliphatic rings. The molecule has 54 valence electrons. The fourth-order valence-electron chi connectivity index (χ4n) is 0.745. The highest BCUT2D eigenvalue weighted by Gasteiger charge is 1.94. The quantitative estimate of drug-likeness (QED) is 0.574. The van der Waals surface area contributed by atoms with Gasteiger partial charge in [0.2, 0.25) is 0 Å². The molecule has 2 heteroatoms. The van der Waals surface area contributed by atoms with Crippen LogP contribution in [0.3, 0.4) is 0 Å². The van der Waals surface area contributed by atoms with Gasteiger partial charge in [-0.2, -0.15) is 0 Å². The first-order chi connectivity index (χ1) is 4.83. The monoisotopic (exact) mass is 202 g/mol. The molecule has 0 saturated carbocycles. The smallest absolute Gasteiger partial charge is 0.119 e. The molecule has 0 aromatic heterocycles. The van der Waals surface area contributed by atoms with Crippen molar-refractivity contribution >= 4 is 15.9 Å². The van der Waals surface area contributed by atoms with E-state index in [0.717, 1.165) is 10.9 Å². The highest BCUT2D eigenvalue weighted by atomic mass is 79.9. The van der Waals surface area contributed by atoms with E-state index < -0.39 is 0 Å². The Kier molecular flexibility index (Phi) is 2.87. The number of hydrogen-bond donors (Lipinski definition) is 0. The molecule has 0 heterocycles. The summed E-state index contributed by atoms with van der Waals surface area (Å²) in [4.78, 5) is 0. The van der Waals surface area contributed by atoms with Crippen LogP contribution in [0.1, 0.15) is 6.42 Å². The largest absolute Gasteiger partial charge is 0.207 e. The van der Waals surface area contributed by atoms with Crippen molar-refractivity contribution < 1.29 is 4.39 Å². The average molecular weight is 203 g/mol. The molecule has 0 aliphatic heterocycles. The Morgan fingerprint density at radius 1 is 1.40 bits per heavy atom. The zero-order valence-electron chi connectivity index (χ0n) is 5.48. The standard InChI is InChI=1S/C8H8BrF/c9-6-7-2-1-3-8(10)5-4-7/h2-5H,1,6H2. The van der Waals surface area contributed by atoms with Gasteiger partial charge >= 0.3 is 0 Å². The van der Waals surface area contributed by atoms with Crippen LogP contribution < -0.4 is 0 Å². The molecule has 0 spiro atoms. The van der Waals surface area contributed by atoms with E-state index in [1.54, 1.807) is 12.2 Å². The molecule has 10 heavy (non-hydrogen) atoms. The number of hydrogen-bond acceptors (Lipinski definition) is 0. The predicted octanol–water partition coefficient (Wildman–Crippen LogP) is 3.12. The minimum absolute atomic E-state index is 0.146. The van der Waals surface area contributed by atoms with Crippen LogP contribution in [0.5, 0.6) is 0 Å². The van der Waals surface area contributed by atoms with Gasteiger partial charge in [-0.3, -0.25) is 0 Å². The van der Waals surface area contributed by atoms with Gasteiger partial charge in [-0.1, -0.05) is 28.1 Å². The van der Waals surface area contributed by atoms with Gasteiger partial charge in [0.1, 0.15) is 5.83 Å². The summed E-state index contributed by atoms with van der Waals surface area (Å²) in [5.41, 5.74) is 1.13. The normalized spacial score (nSPS) is 17.8. The lowest BCUT2D eigenvalue weighted by atomic mass is 10.2. The topological polar surface area (TPSA) is 0 Å². The molecule has 0 unspecified atom stereocenters. The molecule has 0 radical (unpaired) electrons. The van der Waals surface area contributed by atoms with Crippen LogP contribution in [0.2, 0.25) is 0 Å². The van der Waals surface area contributed by atoms with Crippen molar-refractivity contribution in [3.05, 3.63) is 35.7 Å². The number of rotatable bonds is 1. The summed E-state index contributed by atoms with van der Waals surface area (Å²) in [7, 11) is 0.